The van der Waals surface area contributed by atoms with Crippen molar-refractivity contribution in [2.24, 2.45) is 4.99 Å². The summed E-state index contributed by atoms with van der Waals surface area (Å²) in [5.74, 6) is 0. The number of nitrogens with one attached hydrogen (secondary N) is 1. The van der Waals surface area contributed by atoms with Gasteiger partial charge in [0.15, 0.2) is 0 Å². The molecule has 2 heterocycles. The van der Waals surface area contributed by atoms with Crippen LogP contribution in [0.5, 0.6) is 0 Å². The van der Waals surface area contributed by atoms with Crippen LogP contribution in [0.2, 0.25) is 0 Å². The molecule has 0 spiro atoms. The Hall–Kier alpha value is -7.23. The van der Waals surface area contributed by atoms with Gasteiger partial charge >= 0.3 is 0 Å². The van der Waals surface area contributed by atoms with Gasteiger partial charge in [0.05, 0.1) is 5.70 Å². The number of benzene rings is 9. The molecule has 56 heavy (non-hydrogen) atoms. The van der Waals surface area contributed by atoms with E-state index in [-0.39, 0.29) is 0 Å². The topological polar surface area (TPSA) is 41.3 Å². The molecule has 0 atom stereocenters. The van der Waals surface area contributed by atoms with Crippen molar-refractivity contribution in [2.75, 3.05) is 0 Å². The fraction of sp³-hybridized carbons (Fsp3) is 0.0377. The van der Waals surface area contributed by atoms with E-state index in [9.17, 15) is 0 Å². The first-order valence-electron chi connectivity index (χ1n) is 19.0. The first kappa shape index (κ1) is 34.5. The standard InChI is InChI=1S/C19H15N.C18H10O.C16H15N/c1-13-5-4-6-14(11-13)15-9-10-19-17(12-15)16-7-2-3-8-18(16)20-19;1-2-6-12-11(5-1)13-7-3-9-15-17(13)18-14(12)8-4-10-16(18)19-15;1-17-16(15-10-6-3-7-11-15)13-12-14-8-4-2-5-9-14/h2-12,20H,1H3;1-10H;2-11,13H,1,12H2/b;;16-13-. The second kappa shape index (κ2) is 15.3. The van der Waals surface area contributed by atoms with E-state index in [0.29, 0.717) is 0 Å². The lowest BCUT2D eigenvalue weighted by Gasteiger charge is -2.07. The van der Waals surface area contributed by atoms with Gasteiger partial charge < -0.3 is 9.40 Å². The average molecular weight is 721 g/mol. The maximum Gasteiger partial charge on any atom is 0.136 e. The van der Waals surface area contributed by atoms with Gasteiger partial charge in [-0.15, -0.1) is 0 Å². The first-order chi connectivity index (χ1) is 27.6. The SMILES string of the molecule is C=N/C(=C\Cc1ccccc1)c1ccccc1.Cc1cccc(-c2ccc3[nH]c4ccccc4c3c2)c1.c1ccc2c(c1)c1cccc3oc4cccc2c4c31. The van der Waals surface area contributed by atoms with Crippen molar-refractivity contribution < 1.29 is 4.42 Å². The highest BCUT2D eigenvalue weighted by Gasteiger charge is 2.15. The highest BCUT2D eigenvalue weighted by molar-refractivity contribution is 6.32. The molecule has 0 saturated carbocycles. The Bertz CT molecular complexity index is 3050. The molecular formula is C53H40N2O. The van der Waals surface area contributed by atoms with E-state index in [4.69, 9.17) is 4.42 Å². The molecule has 1 N–H and O–H groups in total. The number of aliphatic imine (C=N–C) groups is 1. The van der Waals surface area contributed by atoms with Crippen LogP contribution in [-0.2, 0) is 6.42 Å². The smallest absolute Gasteiger partial charge is 0.136 e. The first-order valence-corrected chi connectivity index (χ1v) is 19.0. The average Bonchev–Trinajstić information content (AvgIpc) is 3.84. The summed E-state index contributed by atoms with van der Waals surface area (Å²) in [4.78, 5) is 7.55. The Labute approximate surface area is 326 Å². The highest BCUT2D eigenvalue weighted by Crippen LogP contribution is 2.42. The molecule has 0 aliphatic carbocycles. The van der Waals surface area contributed by atoms with Crippen molar-refractivity contribution in [3.05, 3.63) is 211 Å². The van der Waals surface area contributed by atoms with E-state index in [1.54, 1.807) is 0 Å². The number of aromatic amines is 1. The number of hydrogen-bond donors (Lipinski definition) is 1. The lowest BCUT2D eigenvalue weighted by Crippen LogP contribution is -1.84. The Balaban J connectivity index is 0.000000110. The molecule has 3 nitrogen and oxygen atoms in total. The van der Waals surface area contributed by atoms with Gasteiger partial charge in [-0.1, -0.05) is 169 Å². The monoisotopic (exact) mass is 720 g/mol. The number of aromatic nitrogens is 1. The third-order valence-electron chi connectivity index (χ3n) is 10.5. The molecule has 0 fully saturated rings. The van der Waals surface area contributed by atoms with Crippen molar-refractivity contribution >= 4 is 77.7 Å². The van der Waals surface area contributed by atoms with Gasteiger partial charge in [-0.3, -0.25) is 4.99 Å². The van der Waals surface area contributed by atoms with E-state index in [0.717, 1.165) is 28.8 Å². The fourth-order valence-electron chi connectivity index (χ4n) is 7.83. The molecule has 268 valence electrons. The summed E-state index contributed by atoms with van der Waals surface area (Å²) in [5.41, 5.74) is 11.5. The molecule has 11 aromatic rings. The number of H-pyrrole nitrogens is 1. The van der Waals surface area contributed by atoms with Crippen LogP contribution in [0.15, 0.2) is 204 Å². The van der Waals surface area contributed by atoms with Gasteiger partial charge in [0.1, 0.15) is 11.2 Å². The Morgan fingerprint density at radius 3 is 1.73 bits per heavy atom. The quantitative estimate of drug-likeness (QED) is 0.140. The van der Waals surface area contributed by atoms with E-state index >= 15 is 0 Å². The number of nitrogens with zero attached hydrogens (tertiary/aromatic N) is 1. The molecule has 0 radical (unpaired) electrons. The van der Waals surface area contributed by atoms with Gasteiger partial charge in [-0.05, 0) is 94.2 Å². The normalized spacial score (nSPS) is 11.6. The van der Waals surface area contributed by atoms with Crippen molar-refractivity contribution in [2.45, 2.75) is 13.3 Å². The summed E-state index contributed by atoms with van der Waals surface area (Å²) in [5, 5.41) is 10.3. The van der Waals surface area contributed by atoms with E-state index < -0.39 is 0 Å². The summed E-state index contributed by atoms with van der Waals surface area (Å²) in [6, 6.07) is 65.4. The van der Waals surface area contributed by atoms with Crippen LogP contribution in [0.25, 0.3) is 82.1 Å². The Morgan fingerprint density at radius 1 is 0.518 bits per heavy atom. The number of para-hydroxylation sites is 1. The lowest BCUT2D eigenvalue weighted by atomic mass is 9.95. The van der Waals surface area contributed by atoms with Crippen LogP contribution in [0.3, 0.4) is 0 Å². The van der Waals surface area contributed by atoms with Crippen LogP contribution in [0, 0.1) is 6.92 Å². The summed E-state index contributed by atoms with van der Waals surface area (Å²) in [6.07, 6.45) is 2.99. The zero-order valence-corrected chi connectivity index (χ0v) is 31.2. The number of rotatable bonds is 5. The van der Waals surface area contributed by atoms with Gasteiger partial charge in [0, 0.05) is 32.6 Å². The second-order valence-corrected chi connectivity index (χ2v) is 14.1. The van der Waals surface area contributed by atoms with Gasteiger partial charge in [-0.2, -0.15) is 0 Å². The maximum atomic E-state index is 5.99. The van der Waals surface area contributed by atoms with Gasteiger partial charge in [0.2, 0.25) is 0 Å². The molecule has 0 amide bonds. The number of fused-ring (bicyclic) bond motifs is 6. The minimum absolute atomic E-state index is 0.879. The minimum Gasteiger partial charge on any atom is -0.456 e. The lowest BCUT2D eigenvalue weighted by molar-refractivity contribution is 0.669. The van der Waals surface area contributed by atoms with Crippen molar-refractivity contribution in [1.29, 1.82) is 0 Å². The predicted octanol–water partition coefficient (Wildman–Crippen LogP) is 14.6. The molecule has 0 aliphatic heterocycles. The van der Waals surface area contributed by atoms with Crippen LogP contribution >= 0.6 is 0 Å². The summed E-state index contributed by atoms with van der Waals surface area (Å²) >= 11 is 0. The zero-order chi connectivity index (χ0) is 37.8. The van der Waals surface area contributed by atoms with Crippen molar-refractivity contribution in [1.82, 2.24) is 4.98 Å². The third-order valence-corrected chi connectivity index (χ3v) is 10.5. The number of aryl methyl sites for hydroxylation is 1. The fourth-order valence-corrected chi connectivity index (χ4v) is 7.83. The Kier molecular flexibility index (Phi) is 9.41. The van der Waals surface area contributed by atoms with E-state index in [1.165, 1.54) is 76.4 Å². The predicted molar refractivity (Wildman–Crippen MR) is 240 cm³/mol. The summed E-state index contributed by atoms with van der Waals surface area (Å²) < 4.78 is 5.99. The van der Waals surface area contributed by atoms with Crippen LogP contribution in [0.1, 0.15) is 16.7 Å². The molecule has 3 heteroatoms. The molecule has 9 aromatic carbocycles. The second-order valence-electron chi connectivity index (χ2n) is 14.1. The summed E-state index contributed by atoms with van der Waals surface area (Å²) in [7, 11) is 0. The molecule has 0 aliphatic rings. The molecular weight excluding hydrogens is 681 g/mol. The van der Waals surface area contributed by atoms with E-state index in [2.05, 4.69) is 169 Å². The number of allylic oxidation sites excluding steroid dienone is 1. The Morgan fingerprint density at radius 2 is 1.07 bits per heavy atom. The molecule has 11 rings (SSSR count). The van der Waals surface area contributed by atoms with Crippen LogP contribution < -0.4 is 0 Å². The van der Waals surface area contributed by atoms with Crippen molar-refractivity contribution in [3.63, 3.8) is 0 Å². The highest BCUT2D eigenvalue weighted by atomic mass is 16.3. The molecule has 0 bridgehead atoms. The number of hydrogen-bond acceptors (Lipinski definition) is 2. The van der Waals surface area contributed by atoms with Crippen molar-refractivity contribution in [3.8, 4) is 11.1 Å². The molecule has 0 unspecified atom stereocenters. The number of furan rings is 1. The minimum atomic E-state index is 0.879. The molecule has 0 saturated heterocycles. The maximum absolute atomic E-state index is 5.99. The largest absolute Gasteiger partial charge is 0.456 e. The third kappa shape index (κ3) is 6.72. The van der Waals surface area contributed by atoms with Gasteiger partial charge in [-0.25, -0.2) is 0 Å². The van der Waals surface area contributed by atoms with Crippen LogP contribution in [-0.4, -0.2) is 11.7 Å². The molecule has 2 aromatic heterocycles. The summed E-state index contributed by atoms with van der Waals surface area (Å²) in [6.45, 7) is 5.76. The van der Waals surface area contributed by atoms with Gasteiger partial charge in [0.25, 0.3) is 0 Å². The van der Waals surface area contributed by atoms with E-state index in [1.807, 2.05) is 48.5 Å². The van der Waals surface area contributed by atoms with Crippen LogP contribution in [0.4, 0.5) is 0 Å². The zero-order valence-electron chi connectivity index (χ0n) is 31.2.